The van der Waals surface area contributed by atoms with Crippen LogP contribution in [0.5, 0.6) is 0 Å². The molecule has 0 aromatic heterocycles. The second-order valence-electron chi connectivity index (χ2n) is 4.88. The predicted octanol–water partition coefficient (Wildman–Crippen LogP) is 1.56. The van der Waals surface area contributed by atoms with Gasteiger partial charge >= 0.3 is 5.97 Å². The molecule has 1 fully saturated rings. The average molecular weight is 269 g/mol. The first-order chi connectivity index (χ1) is 8.65. The van der Waals surface area contributed by atoms with Crippen molar-refractivity contribution in [3.8, 4) is 0 Å². The highest BCUT2D eigenvalue weighted by molar-refractivity contribution is 6.30. The lowest BCUT2D eigenvalue weighted by atomic mass is 10.2. The van der Waals surface area contributed by atoms with E-state index in [1.54, 1.807) is 24.3 Å². The summed E-state index contributed by atoms with van der Waals surface area (Å²) in [5.74, 6) is -0.266. The van der Waals surface area contributed by atoms with Crippen molar-refractivity contribution in [1.82, 2.24) is 0 Å². The van der Waals surface area contributed by atoms with Gasteiger partial charge in [-0.2, -0.15) is 0 Å². The van der Waals surface area contributed by atoms with Gasteiger partial charge in [-0.15, -0.1) is 0 Å². The van der Waals surface area contributed by atoms with Gasteiger partial charge in [-0.1, -0.05) is 11.6 Å². The highest BCUT2D eigenvalue weighted by atomic mass is 35.5. The predicted molar refractivity (Wildman–Crippen MR) is 71.1 cm³/mol. The van der Waals surface area contributed by atoms with Crippen LogP contribution in [0.3, 0.4) is 0 Å². The molecule has 1 saturated heterocycles. The van der Waals surface area contributed by atoms with E-state index in [0.29, 0.717) is 10.6 Å². The number of benzene rings is 1. The summed E-state index contributed by atoms with van der Waals surface area (Å²) in [4.78, 5) is 13.4. The lowest BCUT2D eigenvalue weighted by Crippen LogP contribution is -3.11. The number of carbonyl (C=O) groups is 1. The van der Waals surface area contributed by atoms with Gasteiger partial charge in [0.2, 0.25) is 0 Å². The number of quaternary nitrogens is 1. The molecule has 0 radical (unpaired) electrons. The van der Waals surface area contributed by atoms with Crippen LogP contribution in [0.4, 0.5) is 0 Å². The molecule has 4 heteroatoms. The van der Waals surface area contributed by atoms with Crippen molar-refractivity contribution in [3.05, 3.63) is 34.9 Å². The van der Waals surface area contributed by atoms with Gasteiger partial charge in [0.1, 0.15) is 12.6 Å². The maximum absolute atomic E-state index is 11.9. The second-order valence-corrected chi connectivity index (χ2v) is 5.32. The molecule has 0 amide bonds. The third-order valence-electron chi connectivity index (χ3n) is 3.27. The topological polar surface area (TPSA) is 30.7 Å². The van der Waals surface area contributed by atoms with Crippen molar-refractivity contribution in [3.63, 3.8) is 0 Å². The molecule has 0 bridgehead atoms. The van der Waals surface area contributed by atoms with Crippen LogP contribution in [-0.2, 0) is 4.74 Å². The molecule has 1 heterocycles. The molecule has 1 N–H and O–H groups in total. The summed E-state index contributed by atoms with van der Waals surface area (Å²) in [6.45, 7) is 5.25. The Morgan fingerprint density at radius 2 is 1.94 bits per heavy atom. The first-order valence-electron chi connectivity index (χ1n) is 6.45. The summed E-state index contributed by atoms with van der Waals surface area (Å²) in [5, 5.41) is 0.626. The fraction of sp³-hybridized carbons (Fsp3) is 0.500. The van der Waals surface area contributed by atoms with Gasteiger partial charge in [-0.3, -0.25) is 0 Å². The van der Waals surface area contributed by atoms with E-state index < -0.39 is 0 Å². The molecule has 1 aliphatic heterocycles. The third-order valence-corrected chi connectivity index (χ3v) is 3.53. The van der Waals surface area contributed by atoms with E-state index in [2.05, 4.69) is 0 Å². The van der Waals surface area contributed by atoms with E-state index in [0.717, 1.165) is 6.54 Å². The number of likely N-dealkylation sites (tertiary alicyclic amines) is 1. The molecule has 3 nitrogen and oxygen atoms in total. The summed E-state index contributed by atoms with van der Waals surface area (Å²) in [6, 6.07) is 6.79. The SMILES string of the molecule is CC(C[NH+]1CCCC1)OC(=O)c1ccc(Cl)cc1. The highest BCUT2D eigenvalue weighted by Crippen LogP contribution is 2.11. The zero-order valence-electron chi connectivity index (χ0n) is 10.6. The Hall–Kier alpha value is -1.06. The summed E-state index contributed by atoms with van der Waals surface area (Å²) < 4.78 is 5.44. The molecule has 0 aliphatic carbocycles. The Morgan fingerprint density at radius 1 is 1.33 bits per heavy atom. The van der Waals surface area contributed by atoms with E-state index >= 15 is 0 Å². The van der Waals surface area contributed by atoms with Gasteiger partial charge < -0.3 is 9.64 Å². The van der Waals surface area contributed by atoms with Gasteiger partial charge in [-0.05, 0) is 31.2 Å². The van der Waals surface area contributed by atoms with Crippen molar-refractivity contribution in [1.29, 1.82) is 0 Å². The van der Waals surface area contributed by atoms with Gasteiger partial charge in [0, 0.05) is 17.9 Å². The second kappa shape index (κ2) is 6.21. The first kappa shape index (κ1) is 13.4. The normalized spacial score (nSPS) is 17.7. The largest absolute Gasteiger partial charge is 0.453 e. The molecule has 0 saturated carbocycles. The minimum atomic E-state index is -0.266. The van der Waals surface area contributed by atoms with Crippen molar-refractivity contribution >= 4 is 17.6 Å². The molecule has 1 aromatic carbocycles. The summed E-state index contributed by atoms with van der Waals surface area (Å²) in [7, 11) is 0. The van der Waals surface area contributed by atoms with E-state index in [4.69, 9.17) is 16.3 Å². The fourth-order valence-corrected chi connectivity index (χ4v) is 2.49. The molecule has 0 spiro atoms. The van der Waals surface area contributed by atoms with E-state index in [1.165, 1.54) is 30.8 Å². The minimum absolute atomic E-state index is 0.0405. The van der Waals surface area contributed by atoms with Crippen molar-refractivity contribution in [2.45, 2.75) is 25.9 Å². The van der Waals surface area contributed by atoms with E-state index in [1.807, 2.05) is 6.92 Å². The zero-order valence-corrected chi connectivity index (χ0v) is 11.4. The van der Waals surface area contributed by atoms with Gasteiger partial charge in [0.05, 0.1) is 18.7 Å². The van der Waals surface area contributed by atoms with Gasteiger partial charge in [0.15, 0.2) is 0 Å². The number of carbonyl (C=O) groups excluding carboxylic acids is 1. The molecule has 1 atom stereocenters. The average Bonchev–Trinajstić information content (AvgIpc) is 2.82. The number of hydrogen-bond acceptors (Lipinski definition) is 2. The van der Waals surface area contributed by atoms with Crippen LogP contribution in [0.1, 0.15) is 30.1 Å². The van der Waals surface area contributed by atoms with E-state index in [-0.39, 0.29) is 12.1 Å². The van der Waals surface area contributed by atoms with Crippen LogP contribution in [-0.4, -0.2) is 31.7 Å². The van der Waals surface area contributed by atoms with Gasteiger partial charge in [0.25, 0.3) is 0 Å². The molecule has 1 aromatic rings. The van der Waals surface area contributed by atoms with Crippen LogP contribution >= 0.6 is 11.6 Å². The molecule has 18 heavy (non-hydrogen) atoms. The maximum atomic E-state index is 11.9. The van der Waals surface area contributed by atoms with Crippen LogP contribution in [0.25, 0.3) is 0 Å². The Morgan fingerprint density at radius 3 is 2.56 bits per heavy atom. The zero-order chi connectivity index (χ0) is 13.0. The number of ether oxygens (including phenoxy) is 1. The lowest BCUT2D eigenvalue weighted by molar-refractivity contribution is -0.890. The Balaban J connectivity index is 1.84. The molecule has 2 rings (SSSR count). The van der Waals surface area contributed by atoms with E-state index in [9.17, 15) is 4.79 Å². The highest BCUT2D eigenvalue weighted by Gasteiger charge is 2.20. The number of halogens is 1. The van der Waals surface area contributed by atoms with Crippen molar-refractivity contribution in [2.75, 3.05) is 19.6 Å². The fourth-order valence-electron chi connectivity index (χ4n) is 2.36. The van der Waals surface area contributed by atoms with Crippen LogP contribution in [0.2, 0.25) is 5.02 Å². The number of nitrogens with one attached hydrogen (secondary N) is 1. The number of rotatable bonds is 4. The van der Waals surface area contributed by atoms with Crippen molar-refractivity contribution in [2.24, 2.45) is 0 Å². The van der Waals surface area contributed by atoms with Crippen LogP contribution < -0.4 is 4.90 Å². The summed E-state index contributed by atoms with van der Waals surface area (Å²) in [6.07, 6.45) is 2.53. The number of hydrogen-bond donors (Lipinski definition) is 1. The van der Waals surface area contributed by atoms with Crippen molar-refractivity contribution < 1.29 is 14.4 Å². The standard InChI is InChI=1S/C14H18ClNO2/c1-11(10-16-8-2-3-9-16)18-14(17)12-4-6-13(15)7-5-12/h4-7,11H,2-3,8-10H2,1H3/p+1. The monoisotopic (exact) mass is 268 g/mol. The molecule has 1 aliphatic rings. The quantitative estimate of drug-likeness (QED) is 0.841. The molecule has 98 valence electrons. The Kier molecular flexibility index (Phi) is 4.61. The summed E-state index contributed by atoms with van der Waals surface area (Å²) >= 11 is 5.78. The van der Waals surface area contributed by atoms with Gasteiger partial charge in [-0.25, -0.2) is 4.79 Å². The minimum Gasteiger partial charge on any atom is -0.453 e. The molecule has 1 unspecified atom stereocenters. The van der Waals surface area contributed by atoms with Crippen LogP contribution in [0.15, 0.2) is 24.3 Å². The third kappa shape index (κ3) is 3.72. The Bertz CT molecular complexity index is 399. The smallest absolute Gasteiger partial charge is 0.338 e. The number of esters is 1. The Labute approximate surface area is 113 Å². The first-order valence-corrected chi connectivity index (χ1v) is 6.83. The summed E-state index contributed by atoms with van der Waals surface area (Å²) in [5.41, 5.74) is 0.558. The maximum Gasteiger partial charge on any atom is 0.338 e. The lowest BCUT2D eigenvalue weighted by Gasteiger charge is -2.18. The van der Waals surface area contributed by atoms with Crippen LogP contribution in [0, 0.1) is 0 Å². The molecular formula is C14H19ClNO2+. The molecular weight excluding hydrogens is 250 g/mol.